The zero-order valence-electron chi connectivity index (χ0n) is 28.8. The number of nitrogens with one attached hydrogen (secondary N) is 1. The number of hydrogen-bond donors (Lipinski definition) is 4. The third kappa shape index (κ3) is 11.8. The summed E-state index contributed by atoms with van der Waals surface area (Å²) in [6.45, 7) is 3.35. The van der Waals surface area contributed by atoms with Gasteiger partial charge in [0.1, 0.15) is 12.6 Å². The first-order valence-corrected chi connectivity index (χ1v) is 16.9. The minimum absolute atomic E-state index is 0.118. The Kier molecular flexibility index (Phi) is 13.9. The number of carbonyl (C=O) groups is 3. The van der Waals surface area contributed by atoms with E-state index in [1.54, 1.807) is 56.4 Å². The van der Waals surface area contributed by atoms with Crippen molar-refractivity contribution in [1.29, 1.82) is 0 Å². The van der Waals surface area contributed by atoms with Gasteiger partial charge in [0.2, 0.25) is 17.9 Å². The summed E-state index contributed by atoms with van der Waals surface area (Å²) < 4.78 is 54.9. The average molecular weight is 758 g/mol. The topological polar surface area (TPSA) is 198 Å². The molecule has 53 heavy (non-hydrogen) atoms. The molecule has 1 amide bonds. The van der Waals surface area contributed by atoms with Crippen molar-refractivity contribution < 1.29 is 42.1 Å². The van der Waals surface area contributed by atoms with Crippen LogP contribution < -0.4 is 21.5 Å². The fourth-order valence-electron chi connectivity index (χ4n) is 5.47. The van der Waals surface area contributed by atoms with Crippen LogP contribution in [0.2, 0.25) is 5.02 Å². The summed E-state index contributed by atoms with van der Waals surface area (Å²) in [6, 6.07) is 14.8. The number of nitrogen functional groups attached to an aromatic ring is 1. The molecule has 0 spiro atoms. The van der Waals surface area contributed by atoms with Crippen LogP contribution in [0.4, 0.5) is 19.1 Å². The number of carboxylic acids is 1. The lowest BCUT2D eigenvalue weighted by Crippen LogP contribution is -2.34. The smallest absolute Gasteiger partial charge is 0.429 e. The maximum atomic E-state index is 14.4. The van der Waals surface area contributed by atoms with Crippen LogP contribution in [0.3, 0.4) is 0 Å². The molecule has 0 radical (unpaired) electrons. The summed E-state index contributed by atoms with van der Waals surface area (Å²) >= 11 is 6.11. The van der Waals surface area contributed by atoms with Crippen LogP contribution in [0.15, 0.2) is 72.9 Å². The van der Waals surface area contributed by atoms with Crippen LogP contribution in [-0.2, 0) is 14.3 Å². The van der Waals surface area contributed by atoms with Gasteiger partial charge < -0.3 is 31.4 Å². The summed E-state index contributed by atoms with van der Waals surface area (Å²) in [5, 5.41) is 15.0. The average Bonchev–Trinajstić information content (AvgIpc) is 3.56. The first kappa shape index (κ1) is 40.3. The largest absolute Gasteiger partial charge is 0.480 e. The zero-order chi connectivity index (χ0) is 38.7. The number of carbonyl (C=O) groups excluding carboxylic acids is 2. The molecule has 282 valence electrons. The minimum Gasteiger partial charge on any atom is -0.480 e. The van der Waals surface area contributed by atoms with Crippen molar-refractivity contribution in [1.82, 2.24) is 25.1 Å². The number of rotatable bonds is 12. The summed E-state index contributed by atoms with van der Waals surface area (Å²) in [5.41, 5.74) is 14.0. The lowest BCUT2D eigenvalue weighted by atomic mass is 9.84. The number of aryl methyl sites for hydroxylation is 1. The second kappa shape index (κ2) is 18.3. The monoisotopic (exact) mass is 757 g/mol. The number of alkyl halides is 3. The van der Waals surface area contributed by atoms with E-state index in [-0.39, 0.29) is 53.1 Å². The Balaban J connectivity index is 0.000000407. The number of ether oxygens (including phenoxy) is 2. The highest BCUT2D eigenvalue weighted by molar-refractivity contribution is 6.30. The number of aromatic nitrogens is 4. The summed E-state index contributed by atoms with van der Waals surface area (Å²) in [5.74, 6) is -2.25. The Morgan fingerprint density at radius 2 is 1.85 bits per heavy atom. The fourth-order valence-corrected chi connectivity index (χ4v) is 5.63. The van der Waals surface area contributed by atoms with Crippen molar-refractivity contribution >= 4 is 41.0 Å². The number of hydrogen-bond acceptors (Lipinski definition) is 10. The lowest BCUT2D eigenvalue weighted by molar-refractivity contribution is -0.198. The molecule has 17 heteroatoms. The van der Waals surface area contributed by atoms with E-state index in [1.807, 2.05) is 6.08 Å². The number of benzene rings is 2. The quantitative estimate of drug-likeness (QED) is 0.126. The van der Waals surface area contributed by atoms with Crippen molar-refractivity contribution in [2.45, 2.75) is 57.9 Å². The van der Waals surface area contributed by atoms with Gasteiger partial charge in [0.15, 0.2) is 0 Å². The number of amides is 1. The predicted octanol–water partition coefficient (Wildman–Crippen LogP) is 5.85. The van der Waals surface area contributed by atoms with Gasteiger partial charge in [-0.05, 0) is 81.4 Å². The molecule has 13 nitrogen and oxygen atoms in total. The first-order chi connectivity index (χ1) is 25.1. The third-order valence-corrected chi connectivity index (χ3v) is 8.20. The molecule has 4 aromatic rings. The number of nitrogens with two attached hydrogens (primary N) is 2. The van der Waals surface area contributed by atoms with Crippen LogP contribution in [0, 0.1) is 12.8 Å². The van der Waals surface area contributed by atoms with Gasteiger partial charge in [0, 0.05) is 28.4 Å². The van der Waals surface area contributed by atoms with E-state index in [2.05, 4.69) is 20.4 Å². The van der Waals surface area contributed by atoms with E-state index in [9.17, 15) is 27.6 Å². The third-order valence-electron chi connectivity index (χ3n) is 7.96. The van der Waals surface area contributed by atoms with Crippen molar-refractivity contribution in [2.24, 2.45) is 11.7 Å². The second-order valence-corrected chi connectivity index (χ2v) is 12.4. The Labute approximate surface area is 308 Å². The normalized spacial score (nSPS) is 15.2. The van der Waals surface area contributed by atoms with Gasteiger partial charge in [0.25, 0.3) is 5.91 Å². The van der Waals surface area contributed by atoms with E-state index in [0.29, 0.717) is 42.6 Å². The number of anilines is 1. The van der Waals surface area contributed by atoms with Gasteiger partial charge in [-0.25, -0.2) is 9.67 Å². The minimum atomic E-state index is -4.81. The molecule has 2 aromatic heterocycles. The molecule has 1 aliphatic rings. The Morgan fingerprint density at radius 1 is 1.11 bits per heavy atom. The number of halogens is 4. The van der Waals surface area contributed by atoms with Gasteiger partial charge in [-0.1, -0.05) is 41.9 Å². The van der Waals surface area contributed by atoms with Crippen LogP contribution in [0.1, 0.15) is 66.0 Å². The van der Waals surface area contributed by atoms with Crippen molar-refractivity contribution in [3.8, 4) is 11.6 Å². The van der Waals surface area contributed by atoms with Crippen molar-refractivity contribution in [2.75, 3.05) is 18.9 Å². The fraction of sp³-hybridized carbons (Fsp3) is 0.333. The second-order valence-electron chi connectivity index (χ2n) is 12.0. The van der Waals surface area contributed by atoms with Crippen LogP contribution in [0.25, 0.3) is 11.3 Å². The molecule has 0 aliphatic heterocycles. The molecule has 0 bridgehead atoms. The molecule has 1 unspecified atom stereocenters. The molecular weight excluding hydrogens is 719 g/mol. The predicted molar refractivity (Wildman–Crippen MR) is 190 cm³/mol. The molecule has 0 saturated heterocycles. The molecule has 0 saturated carbocycles. The number of allylic oxidation sites excluding steroid dienone is 2. The summed E-state index contributed by atoms with van der Waals surface area (Å²) in [6.07, 6.45) is -1.36. The molecule has 3 atom stereocenters. The molecule has 2 aromatic carbocycles. The first-order valence-electron chi connectivity index (χ1n) is 16.5. The van der Waals surface area contributed by atoms with Gasteiger partial charge in [-0.3, -0.25) is 14.4 Å². The Hall–Kier alpha value is -5.48. The number of esters is 1. The van der Waals surface area contributed by atoms with Crippen molar-refractivity contribution in [3.63, 3.8) is 0 Å². The summed E-state index contributed by atoms with van der Waals surface area (Å²) in [7, 11) is 0. The van der Waals surface area contributed by atoms with Gasteiger partial charge in [0.05, 0.1) is 23.7 Å². The van der Waals surface area contributed by atoms with Crippen LogP contribution in [0.5, 0.6) is 5.88 Å². The summed E-state index contributed by atoms with van der Waals surface area (Å²) in [4.78, 5) is 41.3. The number of nitrogens with zero attached hydrogens (tertiary/aromatic N) is 4. The van der Waals surface area contributed by atoms with Gasteiger partial charge in [-0.15, -0.1) is 0 Å². The molecule has 6 N–H and O–H groups in total. The maximum absolute atomic E-state index is 14.4. The zero-order valence-corrected chi connectivity index (χ0v) is 29.6. The van der Waals surface area contributed by atoms with E-state index in [1.165, 1.54) is 28.9 Å². The SMILES string of the molecule is CCOC(=O)[C@@H](N)CC1CC=C(c2cc(O[C@H](c3ccc(Cl)cc3-n3ccc(C)n3)C(F)(F)F)nc(N)n2)CC1.O=C(O)CNC(=O)c1ccccc1. The Bertz CT molecular complexity index is 1920. The highest BCUT2D eigenvalue weighted by Gasteiger charge is 2.45. The molecular formula is C36H39ClF3N7O6. The molecule has 5 rings (SSSR count). The van der Waals surface area contributed by atoms with E-state index in [4.69, 9.17) is 37.6 Å². The number of aliphatic carboxylic acids is 1. The highest BCUT2D eigenvalue weighted by Crippen LogP contribution is 2.40. The van der Waals surface area contributed by atoms with Gasteiger partial charge >= 0.3 is 18.1 Å². The molecule has 1 aliphatic carbocycles. The Morgan fingerprint density at radius 3 is 2.45 bits per heavy atom. The van der Waals surface area contributed by atoms with E-state index < -0.39 is 30.3 Å². The lowest BCUT2D eigenvalue weighted by Gasteiger charge is -2.25. The molecule has 2 heterocycles. The maximum Gasteiger partial charge on any atom is 0.429 e. The molecule has 0 fully saturated rings. The van der Waals surface area contributed by atoms with E-state index in [0.717, 1.165) is 5.57 Å². The highest BCUT2D eigenvalue weighted by atomic mass is 35.5. The van der Waals surface area contributed by atoms with Gasteiger partial charge in [-0.2, -0.15) is 23.3 Å². The van der Waals surface area contributed by atoms with Crippen LogP contribution >= 0.6 is 11.6 Å². The van der Waals surface area contributed by atoms with Crippen molar-refractivity contribution in [3.05, 3.63) is 100 Å². The van der Waals surface area contributed by atoms with E-state index >= 15 is 0 Å². The van der Waals surface area contributed by atoms with Crippen LogP contribution in [-0.4, -0.2) is 68.1 Å². The number of carboxylic acid groups (broad SMARTS) is 1. The standard InChI is InChI=1S/C27H30ClF3N6O3.C9H9NO3/c1-3-39-25(38)20(32)12-16-4-6-17(7-5-16)21-14-23(35-26(33)34-21)40-24(27(29,30)31)19-9-8-18(28)13-22(19)37-11-10-15(2)36-37;11-8(12)6-10-9(13)7-4-2-1-3-5-7/h6,8-11,13-14,16,20,24H,3-5,7,12,32H2,1-2H3,(H2,33,34,35);1-5H,6H2,(H,10,13)(H,11,12)/t16?,20-,24+;/m0./s1.